The van der Waals surface area contributed by atoms with E-state index in [0.29, 0.717) is 0 Å². The van der Waals surface area contributed by atoms with E-state index in [0.717, 1.165) is 0 Å². The van der Waals surface area contributed by atoms with Crippen molar-refractivity contribution >= 4 is 80.3 Å². The minimum absolute atomic E-state index is 1.06. The molecule has 0 aliphatic carbocycles. The molecule has 0 bridgehead atoms. The molecule has 0 spiro atoms. The summed E-state index contributed by atoms with van der Waals surface area (Å²) in [5, 5.41) is 0.959. The topological polar surface area (TPSA) is 0 Å². The molecule has 1 aliphatic heterocycles. The molecule has 3 rings (SSSR count). The molecule has 0 aromatic heterocycles. The number of rotatable bonds is 4. The monoisotopic (exact) mass is 476 g/mol. The zero-order chi connectivity index (χ0) is 16.0. The Morgan fingerprint density at radius 3 is 1.74 bits per heavy atom. The summed E-state index contributed by atoms with van der Waals surface area (Å²) in [6, 6.07) is 21.7. The van der Waals surface area contributed by atoms with Gasteiger partial charge in [-0.1, -0.05) is 0 Å². The van der Waals surface area contributed by atoms with E-state index in [-0.39, 0.29) is 0 Å². The van der Waals surface area contributed by atoms with Gasteiger partial charge in [0, 0.05) is 0 Å². The Kier molecular flexibility index (Phi) is 7.91. The van der Waals surface area contributed by atoms with Crippen molar-refractivity contribution in [1.82, 2.24) is 0 Å². The number of hydrogen-bond donors (Lipinski definition) is 0. The second-order valence-electron chi connectivity index (χ2n) is 4.81. The Labute approximate surface area is 162 Å². The van der Waals surface area contributed by atoms with Crippen LogP contribution in [0.2, 0.25) is 0 Å². The van der Waals surface area contributed by atoms with E-state index >= 15 is 0 Å². The van der Waals surface area contributed by atoms with E-state index < -0.39 is 16.4 Å². The average molecular weight is 477 g/mol. The molecule has 0 unspecified atom stereocenters. The molecule has 1 aliphatic rings. The van der Waals surface area contributed by atoms with Gasteiger partial charge in [0.25, 0.3) is 0 Å². The van der Waals surface area contributed by atoms with Gasteiger partial charge in [0.05, 0.1) is 0 Å². The predicted molar refractivity (Wildman–Crippen MR) is 122 cm³/mol. The zero-order valence-electron chi connectivity index (χ0n) is 12.5. The van der Waals surface area contributed by atoms with E-state index in [4.69, 9.17) is 11.8 Å². The number of hydrogen-bond acceptors (Lipinski definition) is 5. The fourth-order valence-corrected chi connectivity index (χ4v) is 49.7. The summed E-state index contributed by atoms with van der Waals surface area (Å²) in [4.78, 5) is 0. The van der Waals surface area contributed by atoms with Crippen molar-refractivity contribution in [2.24, 2.45) is 0 Å². The SMILES string of the molecule is S=P(S[As]1SCCSCCS1)(c1ccccc1)c1ccccc1. The van der Waals surface area contributed by atoms with Crippen LogP contribution >= 0.6 is 46.7 Å². The zero-order valence-corrected chi connectivity index (χ0v) is 19.4. The van der Waals surface area contributed by atoms with Crippen molar-refractivity contribution in [2.45, 2.75) is 0 Å². The van der Waals surface area contributed by atoms with Gasteiger partial charge in [0.1, 0.15) is 0 Å². The third-order valence-electron chi connectivity index (χ3n) is 3.22. The van der Waals surface area contributed by atoms with E-state index in [1.165, 1.54) is 33.6 Å². The summed E-state index contributed by atoms with van der Waals surface area (Å²) in [6.07, 6.45) is 0. The molecular formula is C16H18AsPS5. The first-order valence-electron chi connectivity index (χ1n) is 7.34. The molecule has 1 fully saturated rings. The van der Waals surface area contributed by atoms with Crippen LogP contribution in [0.25, 0.3) is 0 Å². The summed E-state index contributed by atoms with van der Waals surface area (Å²) in [7, 11) is 6.64. The van der Waals surface area contributed by atoms with Gasteiger partial charge in [-0.25, -0.2) is 0 Å². The second-order valence-corrected chi connectivity index (χ2v) is 30.7. The molecule has 1 heterocycles. The van der Waals surface area contributed by atoms with Crippen molar-refractivity contribution in [3.63, 3.8) is 0 Å². The summed E-state index contributed by atoms with van der Waals surface area (Å²) < 4.78 is 0. The molecule has 7 heteroatoms. The van der Waals surface area contributed by atoms with Crippen molar-refractivity contribution in [3.8, 4) is 0 Å². The second kappa shape index (κ2) is 9.67. The standard InChI is InChI=1S/C16H18AsPS5/c19-18(15-7-3-1-4-8-15,16-9-5-2-6-10-16)23-17-21-13-11-20-12-14-22-17/h1-10H,11-14H2. The number of benzene rings is 2. The van der Waals surface area contributed by atoms with Crippen LogP contribution in [0.3, 0.4) is 0 Å². The first-order valence-corrected chi connectivity index (χ1v) is 21.5. The van der Waals surface area contributed by atoms with E-state index in [2.05, 4.69) is 102 Å². The third-order valence-corrected chi connectivity index (χ3v) is 39.6. The van der Waals surface area contributed by atoms with Gasteiger partial charge in [-0.15, -0.1) is 0 Å². The molecular weight excluding hydrogens is 458 g/mol. The van der Waals surface area contributed by atoms with Gasteiger partial charge in [0.2, 0.25) is 0 Å². The fraction of sp³-hybridized carbons (Fsp3) is 0.250. The Balaban J connectivity index is 1.91. The molecule has 2 aromatic carbocycles. The Morgan fingerprint density at radius 2 is 1.26 bits per heavy atom. The summed E-state index contributed by atoms with van der Waals surface area (Å²) in [5.74, 6) is 5.19. The van der Waals surface area contributed by atoms with Crippen molar-refractivity contribution < 1.29 is 0 Å². The molecule has 0 atom stereocenters. The van der Waals surface area contributed by atoms with Gasteiger partial charge >= 0.3 is 164 Å². The van der Waals surface area contributed by atoms with E-state index in [1.807, 2.05) is 0 Å². The fourth-order valence-electron chi connectivity index (χ4n) is 2.11. The third kappa shape index (κ3) is 5.26. The first-order chi connectivity index (χ1) is 11.3. The maximum absolute atomic E-state index is 6.37. The van der Waals surface area contributed by atoms with Crippen LogP contribution in [0.5, 0.6) is 0 Å². The van der Waals surface area contributed by atoms with Crippen molar-refractivity contribution in [1.29, 1.82) is 0 Å². The van der Waals surface area contributed by atoms with Gasteiger partial charge in [-0.2, -0.15) is 0 Å². The predicted octanol–water partition coefficient (Wildman–Crippen LogP) is 4.96. The Hall–Kier alpha value is 1.05. The molecule has 0 N–H and O–H groups in total. The van der Waals surface area contributed by atoms with Crippen LogP contribution in [-0.2, 0) is 11.8 Å². The molecule has 0 amide bonds. The molecule has 0 nitrogen and oxygen atoms in total. The average Bonchev–Trinajstić information content (AvgIpc) is 2.59. The molecule has 2 aromatic rings. The van der Waals surface area contributed by atoms with Crippen LogP contribution in [0, 0.1) is 0 Å². The van der Waals surface area contributed by atoms with Crippen LogP contribution in [-0.4, -0.2) is 34.2 Å². The minimum atomic E-state index is -1.76. The van der Waals surface area contributed by atoms with Gasteiger partial charge in [-0.05, 0) is 0 Å². The number of thioether (sulfide) groups is 1. The molecule has 122 valence electrons. The van der Waals surface area contributed by atoms with Gasteiger partial charge < -0.3 is 0 Å². The van der Waals surface area contributed by atoms with E-state index in [1.54, 1.807) is 0 Å². The van der Waals surface area contributed by atoms with Crippen LogP contribution in [0.4, 0.5) is 0 Å². The van der Waals surface area contributed by atoms with Crippen molar-refractivity contribution in [3.05, 3.63) is 60.7 Å². The molecule has 0 radical (unpaired) electrons. The summed E-state index contributed by atoms with van der Waals surface area (Å²) in [5.41, 5.74) is 0. The summed E-state index contributed by atoms with van der Waals surface area (Å²) in [6.45, 7) is 0. The van der Waals surface area contributed by atoms with E-state index in [9.17, 15) is 0 Å². The molecule has 0 saturated carbocycles. The maximum atomic E-state index is 6.37. The summed E-state index contributed by atoms with van der Waals surface area (Å²) >= 11 is 7.41. The van der Waals surface area contributed by atoms with Crippen molar-refractivity contribution in [2.75, 3.05) is 23.0 Å². The Morgan fingerprint density at radius 1 is 0.783 bits per heavy atom. The first kappa shape index (κ1) is 18.8. The van der Waals surface area contributed by atoms with Gasteiger partial charge in [-0.3, -0.25) is 0 Å². The van der Waals surface area contributed by atoms with Crippen LogP contribution < -0.4 is 10.6 Å². The van der Waals surface area contributed by atoms with Gasteiger partial charge in [0.15, 0.2) is 0 Å². The molecule has 1 saturated heterocycles. The quantitative estimate of drug-likeness (QED) is 0.450. The van der Waals surface area contributed by atoms with Crippen LogP contribution in [0.15, 0.2) is 60.7 Å². The molecule has 23 heavy (non-hydrogen) atoms. The van der Waals surface area contributed by atoms with Crippen LogP contribution in [0.1, 0.15) is 0 Å². The normalized spacial score (nSPS) is 17.4. The Bertz CT molecular complexity index is 601.